The first-order valence-electron chi connectivity index (χ1n) is 10.3. The van der Waals surface area contributed by atoms with Crippen LogP contribution in [0.5, 0.6) is 5.75 Å². The van der Waals surface area contributed by atoms with Gasteiger partial charge in [-0.25, -0.2) is 0 Å². The van der Waals surface area contributed by atoms with E-state index in [2.05, 4.69) is 38.9 Å². The monoisotopic (exact) mass is 412 g/mol. The number of nitrogens with zero attached hydrogens (tertiary/aromatic N) is 3. The number of amides is 1. The molecule has 2 aromatic heterocycles. The van der Waals surface area contributed by atoms with E-state index in [1.165, 1.54) is 0 Å². The minimum atomic E-state index is -0.0695. The van der Waals surface area contributed by atoms with Crippen molar-refractivity contribution in [1.82, 2.24) is 14.9 Å². The molecule has 156 valence electrons. The molecule has 5 rings (SSSR count). The second-order valence-electron chi connectivity index (χ2n) is 7.77. The lowest BCUT2D eigenvalue weighted by atomic mass is 10.0. The Morgan fingerprint density at radius 3 is 2.74 bits per heavy atom. The number of benzene rings is 2. The smallest absolute Gasteiger partial charge is 0.268 e. The highest BCUT2D eigenvalue weighted by atomic mass is 16.5. The van der Waals surface area contributed by atoms with Gasteiger partial charge < -0.3 is 19.5 Å². The van der Waals surface area contributed by atoms with Gasteiger partial charge in [0.25, 0.3) is 5.91 Å². The maximum absolute atomic E-state index is 13.1. The van der Waals surface area contributed by atoms with Crippen LogP contribution in [0.4, 0.5) is 5.69 Å². The van der Waals surface area contributed by atoms with Crippen LogP contribution in [-0.2, 0) is 13.1 Å². The number of likely N-dealkylation sites (N-methyl/N-ethyl adjacent to an activating group) is 1. The molecule has 0 aliphatic carbocycles. The van der Waals surface area contributed by atoms with Gasteiger partial charge in [-0.3, -0.25) is 9.78 Å². The molecule has 6 nitrogen and oxygen atoms in total. The van der Waals surface area contributed by atoms with Crippen molar-refractivity contribution in [3.63, 3.8) is 0 Å². The normalized spacial score (nSPS) is 12.8. The average Bonchev–Trinajstić information content (AvgIpc) is 3.20. The fourth-order valence-corrected chi connectivity index (χ4v) is 4.33. The number of pyridine rings is 1. The highest BCUT2D eigenvalue weighted by Gasteiger charge is 2.25. The third kappa shape index (κ3) is 3.40. The highest BCUT2D eigenvalue weighted by Crippen LogP contribution is 2.40. The van der Waals surface area contributed by atoms with E-state index in [4.69, 9.17) is 4.74 Å². The molecule has 1 aliphatic rings. The van der Waals surface area contributed by atoms with Gasteiger partial charge in [-0.2, -0.15) is 0 Å². The zero-order valence-corrected chi connectivity index (χ0v) is 17.6. The summed E-state index contributed by atoms with van der Waals surface area (Å²) >= 11 is 0. The van der Waals surface area contributed by atoms with E-state index < -0.39 is 0 Å². The fraction of sp³-hybridized carbons (Fsp3) is 0.200. The lowest BCUT2D eigenvalue weighted by Gasteiger charge is -2.30. The summed E-state index contributed by atoms with van der Waals surface area (Å²) in [7, 11) is 3.75. The van der Waals surface area contributed by atoms with E-state index in [0.717, 1.165) is 52.1 Å². The maximum Gasteiger partial charge on any atom is 0.268 e. The molecule has 0 saturated carbocycles. The number of nitrogens with one attached hydrogen (secondary N) is 1. The maximum atomic E-state index is 13.1. The minimum Gasteiger partial charge on any atom is -0.497 e. The number of methoxy groups -OCH3 is 1. The van der Waals surface area contributed by atoms with Gasteiger partial charge >= 0.3 is 0 Å². The lowest BCUT2D eigenvalue weighted by Crippen LogP contribution is -2.31. The van der Waals surface area contributed by atoms with E-state index in [0.29, 0.717) is 12.2 Å². The van der Waals surface area contributed by atoms with Crippen molar-refractivity contribution in [2.24, 2.45) is 0 Å². The Morgan fingerprint density at radius 2 is 1.94 bits per heavy atom. The average molecular weight is 412 g/mol. The summed E-state index contributed by atoms with van der Waals surface area (Å²) in [4.78, 5) is 19.5. The van der Waals surface area contributed by atoms with Crippen molar-refractivity contribution in [2.45, 2.75) is 13.1 Å². The second kappa shape index (κ2) is 7.80. The van der Waals surface area contributed by atoms with Crippen LogP contribution in [-0.4, -0.2) is 36.2 Å². The van der Waals surface area contributed by atoms with Crippen LogP contribution < -0.4 is 15.0 Å². The van der Waals surface area contributed by atoms with E-state index in [1.54, 1.807) is 7.11 Å². The Hall–Kier alpha value is -3.80. The van der Waals surface area contributed by atoms with Crippen molar-refractivity contribution in [1.29, 1.82) is 0 Å². The summed E-state index contributed by atoms with van der Waals surface area (Å²) in [6.45, 7) is 2.07. The minimum absolute atomic E-state index is 0.0695. The SMILES string of the molecule is COc1cccc(CNC(=O)c2cc3ccc(-c4ccncc4)c4c3n2CCN4C)c1. The summed E-state index contributed by atoms with van der Waals surface area (Å²) in [6, 6.07) is 18.0. The van der Waals surface area contributed by atoms with Crippen molar-refractivity contribution < 1.29 is 9.53 Å². The number of carbonyl (C=O) groups excluding carboxylic acids is 1. The Bertz CT molecular complexity index is 1260. The number of anilines is 1. The molecule has 1 amide bonds. The molecule has 0 spiro atoms. The third-order valence-electron chi connectivity index (χ3n) is 5.89. The first-order valence-corrected chi connectivity index (χ1v) is 10.3. The van der Waals surface area contributed by atoms with Crippen LogP contribution in [0.25, 0.3) is 22.0 Å². The van der Waals surface area contributed by atoms with E-state index in [9.17, 15) is 4.79 Å². The van der Waals surface area contributed by atoms with Crippen molar-refractivity contribution in [3.8, 4) is 16.9 Å². The molecule has 3 heterocycles. The van der Waals surface area contributed by atoms with E-state index in [1.807, 2.05) is 54.9 Å². The number of aromatic nitrogens is 2. The van der Waals surface area contributed by atoms with Crippen LogP contribution in [0.3, 0.4) is 0 Å². The molecule has 1 N–H and O–H groups in total. The first kappa shape index (κ1) is 19.2. The molecule has 31 heavy (non-hydrogen) atoms. The Labute approximate surface area is 181 Å². The quantitative estimate of drug-likeness (QED) is 0.536. The standard InChI is InChI=1S/C25H24N4O2/c1-28-12-13-29-22(25(30)27-16-17-4-3-5-20(14-17)31-2)15-19-6-7-21(24(28)23(19)29)18-8-10-26-11-9-18/h3-11,14-15H,12-13,16H2,1-2H3,(H,27,30). The number of rotatable bonds is 5. The van der Waals surface area contributed by atoms with Gasteiger partial charge in [-0.1, -0.05) is 24.3 Å². The van der Waals surface area contributed by atoms with Gasteiger partial charge in [0, 0.05) is 50.0 Å². The molecule has 4 aromatic rings. The fourth-order valence-electron chi connectivity index (χ4n) is 4.33. The second-order valence-corrected chi connectivity index (χ2v) is 7.77. The van der Waals surface area contributed by atoms with E-state index in [-0.39, 0.29) is 5.91 Å². The van der Waals surface area contributed by atoms with Gasteiger partial charge in [0.2, 0.25) is 0 Å². The molecule has 0 atom stereocenters. The van der Waals surface area contributed by atoms with Crippen LogP contribution in [0, 0.1) is 0 Å². The van der Waals surface area contributed by atoms with Gasteiger partial charge in [-0.05, 0) is 41.5 Å². The topological polar surface area (TPSA) is 59.4 Å². The summed E-state index contributed by atoms with van der Waals surface area (Å²) < 4.78 is 7.42. The van der Waals surface area contributed by atoms with Crippen molar-refractivity contribution in [2.75, 3.05) is 25.6 Å². The lowest BCUT2D eigenvalue weighted by molar-refractivity contribution is 0.0942. The molecule has 1 aliphatic heterocycles. The highest BCUT2D eigenvalue weighted by molar-refractivity contribution is 6.06. The largest absolute Gasteiger partial charge is 0.497 e. The van der Waals surface area contributed by atoms with Gasteiger partial charge in [0.05, 0.1) is 18.3 Å². The van der Waals surface area contributed by atoms with Gasteiger partial charge in [0.1, 0.15) is 11.4 Å². The van der Waals surface area contributed by atoms with Crippen LogP contribution >= 0.6 is 0 Å². The number of hydrogen-bond acceptors (Lipinski definition) is 4. The van der Waals surface area contributed by atoms with Crippen molar-refractivity contribution >= 4 is 22.5 Å². The first-order chi connectivity index (χ1) is 15.2. The van der Waals surface area contributed by atoms with Crippen LogP contribution in [0.1, 0.15) is 16.1 Å². The number of hydrogen-bond donors (Lipinski definition) is 1. The molecule has 2 aromatic carbocycles. The Morgan fingerprint density at radius 1 is 1.10 bits per heavy atom. The van der Waals surface area contributed by atoms with E-state index >= 15 is 0 Å². The van der Waals surface area contributed by atoms with Crippen LogP contribution in [0.2, 0.25) is 0 Å². The zero-order valence-electron chi connectivity index (χ0n) is 17.6. The molecule has 6 heteroatoms. The summed E-state index contributed by atoms with van der Waals surface area (Å²) in [5, 5.41) is 4.14. The number of carbonyl (C=O) groups is 1. The molecule has 0 bridgehead atoms. The molecule has 0 fully saturated rings. The molecule has 0 saturated heterocycles. The number of ether oxygens (including phenoxy) is 1. The predicted molar refractivity (Wildman–Crippen MR) is 123 cm³/mol. The molecule has 0 unspecified atom stereocenters. The molecular formula is C25H24N4O2. The summed E-state index contributed by atoms with van der Waals surface area (Å²) in [5.74, 6) is 0.714. The van der Waals surface area contributed by atoms with Crippen molar-refractivity contribution in [3.05, 3.63) is 78.2 Å². The van der Waals surface area contributed by atoms with Gasteiger partial charge in [0.15, 0.2) is 0 Å². The zero-order chi connectivity index (χ0) is 21.4. The van der Waals surface area contributed by atoms with Gasteiger partial charge in [-0.15, -0.1) is 0 Å². The van der Waals surface area contributed by atoms with Crippen LogP contribution in [0.15, 0.2) is 67.0 Å². The third-order valence-corrected chi connectivity index (χ3v) is 5.89. The molecule has 0 radical (unpaired) electrons. The molecular weight excluding hydrogens is 388 g/mol. The summed E-state index contributed by atoms with van der Waals surface area (Å²) in [5.41, 5.74) is 6.23. The predicted octanol–water partition coefficient (Wildman–Crippen LogP) is 4.09. The Kier molecular flexibility index (Phi) is 4.82. The Balaban J connectivity index is 1.51. The summed E-state index contributed by atoms with van der Waals surface area (Å²) in [6.07, 6.45) is 3.62.